The molecule has 0 aromatic heterocycles. The van der Waals surface area contributed by atoms with Crippen LogP contribution < -0.4 is 14.8 Å². The number of ether oxygens (including phenoxy) is 1. The quantitative estimate of drug-likeness (QED) is 0.476. The molecule has 6 nitrogen and oxygen atoms in total. The van der Waals surface area contributed by atoms with Crippen molar-refractivity contribution in [2.45, 2.75) is 63.8 Å². The fourth-order valence-corrected chi connectivity index (χ4v) is 4.86. The zero-order valence-corrected chi connectivity index (χ0v) is 20.2. The van der Waals surface area contributed by atoms with Gasteiger partial charge in [-0.05, 0) is 68.6 Å². The van der Waals surface area contributed by atoms with Gasteiger partial charge in [0, 0.05) is 19.6 Å². The first-order valence-electron chi connectivity index (χ1n) is 11.8. The van der Waals surface area contributed by atoms with Gasteiger partial charge in [0.2, 0.25) is 10.0 Å². The van der Waals surface area contributed by atoms with E-state index >= 15 is 0 Å². The molecule has 32 heavy (non-hydrogen) atoms. The molecule has 7 heteroatoms. The van der Waals surface area contributed by atoms with Crippen molar-refractivity contribution >= 4 is 15.7 Å². The number of hydrogen-bond acceptors (Lipinski definition) is 5. The number of rotatable bonds is 12. The van der Waals surface area contributed by atoms with E-state index in [1.807, 2.05) is 30.3 Å². The third-order valence-electron chi connectivity index (χ3n) is 5.87. The first kappa shape index (κ1) is 24.6. The van der Waals surface area contributed by atoms with Crippen molar-refractivity contribution in [1.82, 2.24) is 4.90 Å². The topological polar surface area (TPSA) is 75.9 Å². The van der Waals surface area contributed by atoms with E-state index < -0.39 is 10.0 Å². The van der Waals surface area contributed by atoms with Crippen LogP contribution in [0.3, 0.4) is 0 Å². The van der Waals surface area contributed by atoms with Crippen LogP contribution in [-0.2, 0) is 16.6 Å². The van der Waals surface area contributed by atoms with Gasteiger partial charge in [-0.1, -0.05) is 44.9 Å². The van der Waals surface area contributed by atoms with Gasteiger partial charge in [0.15, 0.2) is 5.75 Å². The van der Waals surface area contributed by atoms with Crippen molar-refractivity contribution in [3.8, 4) is 11.5 Å². The van der Waals surface area contributed by atoms with Crippen molar-refractivity contribution in [1.29, 1.82) is 0 Å². The van der Waals surface area contributed by atoms with Crippen LogP contribution in [0.5, 0.6) is 11.5 Å². The summed E-state index contributed by atoms with van der Waals surface area (Å²) in [6, 6.07) is 13.1. The molecule has 0 saturated carbocycles. The highest BCUT2D eigenvalue weighted by Gasteiger charge is 2.25. The lowest BCUT2D eigenvalue weighted by atomic mass is 10.1. The SMILES string of the molecule is CCCCN(CCCC)c1cc(CN2CCCC2)cc(S(N)(=O)=O)c1Oc1ccccc1. The Kier molecular flexibility index (Phi) is 8.96. The molecule has 1 aliphatic heterocycles. The number of primary sulfonamides is 1. The number of nitrogens with zero attached hydrogens (tertiary/aromatic N) is 2. The van der Waals surface area contributed by atoms with Crippen molar-refractivity contribution in [3.05, 3.63) is 48.0 Å². The van der Waals surface area contributed by atoms with Crippen LogP contribution in [0.25, 0.3) is 0 Å². The van der Waals surface area contributed by atoms with Crippen LogP contribution in [0, 0.1) is 0 Å². The van der Waals surface area contributed by atoms with Crippen LogP contribution in [0.2, 0.25) is 0 Å². The zero-order chi connectivity index (χ0) is 23.0. The molecule has 0 unspecified atom stereocenters. The fraction of sp³-hybridized carbons (Fsp3) is 0.520. The molecular formula is C25H37N3O3S. The van der Waals surface area contributed by atoms with Crippen molar-refractivity contribution in [2.24, 2.45) is 5.14 Å². The van der Waals surface area contributed by atoms with Gasteiger partial charge in [-0.3, -0.25) is 4.90 Å². The summed E-state index contributed by atoms with van der Waals surface area (Å²) in [5.74, 6) is 0.924. The van der Waals surface area contributed by atoms with E-state index in [4.69, 9.17) is 9.88 Å². The van der Waals surface area contributed by atoms with Gasteiger partial charge in [0.1, 0.15) is 10.6 Å². The Morgan fingerprint density at radius 1 is 1.00 bits per heavy atom. The minimum absolute atomic E-state index is 0.0612. The largest absolute Gasteiger partial charge is 0.454 e. The Bertz CT molecular complexity index is 950. The summed E-state index contributed by atoms with van der Waals surface area (Å²) < 4.78 is 31.6. The highest BCUT2D eigenvalue weighted by atomic mass is 32.2. The minimum Gasteiger partial charge on any atom is -0.454 e. The lowest BCUT2D eigenvalue weighted by Gasteiger charge is -2.29. The molecule has 0 atom stereocenters. The number of benzene rings is 2. The van der Waals surface area contributed by atoms with Crippen molar-refractivity contribution in [3.63, 3.8) is 0 Å². The number of anilines is 1. The Labute approximate surface area is 193 Å². The summed E-state index contributed by atoms with van der Waals surface area (Å²) >= 11 is 0. The summed E-state index contributed by atoms with van der Waals surface area (Å²) in [6.45, 7) is 8.82. The van der Waals surface area contributed by atoms with Gasteiger partial charge in [-0.15, -0.1) is 0 Å². The fourth-order valence-electron chi connectivity index (χ4n) is 4.14. The van der Waals surface area contributed by atoms with E-state index in [0.29, 0.717) is 11.5 Å². The molecule has 0 aliphatic carbocycles. The lowest BCUT2D eigenvalue weighted by molar-refractivity contribution is 0.331. The second kappa shape index (κ2) is 11.7. The number of sulfonamides is 1. The van der Waals surface area contributed by atoms with E-state index in [-0.39, 0.29) is 4.90 Å². The molecule has 176 valence electrons. The third-order valence-corrected chi connectivity index (χ3v) is 6.79. The molecule has 2 aromatic rings. The first-order valence-corrected chi connectivity index (χ1v) is 13.4. The second-order valence-electron chi connectivity index (χ2n) is 8.58. The summed E-state index contributed by atoms with van der Waals surface area (Å²) in [4.78, 5) is 4.70. The summed E-state index contributed by atoms with van der Waals surface area (Å²) in [5, 5.41) is 5.72. The predicted molar refractivity (Wildman–Crippen MR) is 131 cm³/mol. The number of unbranched alkanes of at least 4 members (excludes halogenated alkanes) is 2. The van der Waals surface area contributed by atoms with Gasteiger partial charge in [-0.25, -0.2) is 13.6 Å². The Hall–Kier alpha value is -2.09. The van der Waals surface area contributed by atoms with Crippen molar-refractivity contribution < 1.29 is 13.2 Å². The first-order chi connectivity index (χ1) is 15.4. The molecule has 3 rings (SSSR count). The number of likely N-dealkylation sites (tertiary alicyclic amines) is 1. The maximum atomic E-state index is 12.7. The third kappa shape index (κ3) is 6.70. The standard InChI is InChI=1S/C25H37N3O3S/c1-3-5-16-28(17-6-4-2)23-18-21(20-27-14-10-11-15-27)19-24(32(26,29)30)25(23)31-22-12-8-7-9-13-22/h7-9,12-13,18-19H,3-6,10-11,14-17,20H2,1-2H3,(H2,26,29,30). The normalized spacial score (nSPS) is 14.6. The minimum atomic E-state index is -3.98. The Morgan fingerprint density at radius 2 is 1.62 bits per heavy atom. The van der Waals surface area contributed by atoms with E-state index in [2.05, 4.69) is 29.7 Å². The molecule has 1 fully saturated rings. The van der Waals surface area contributed by atoms with E-state index in [1.165, 1.54) is 12.8 Å². The highest BCUT2D eigenvalue weighted by molar-refractivity contribution is 7.89. The lowest BCUT2D eigenvalue weighted by Crippen LogP contribution is -2.27. The maximum absolute atomic E-state index is 12.7. The monoisotopic (exact) mass is 459 g/mol. The average Bonchev–Trinajstić information content (AvgIpc) is 3.28. The van der Waals surface area contributed by atoms with Crippen LogP contribution in [-0.4, -0.2) is 39.5 Å². The molecule has 2 aromatic carbocycles. The van der Waals surface area contributed by atoms with Crippen LogP contribution in [0.4, 0.5) is 5.69 Å². The van der Waals surface area contributed by atoms with Gasteiger partial charge >= 0.3 is 0 Å². The van der Waals surface area contributed by atoms with Crippen molar-refractivity contribution in [2.75, 3.05) is 31.1 Å². The van der Waals surface area contributed by atoms with Crippen LogP contribution in [0.1, 0.15) is 57.9 Å². The summed E-state index contributed by atoms with van der Waals surface area (Å²) in [6.07, 6.45) is 6.54. The number of hydrogen-bond donors (Lipinski definition) is 1. The van der Waals surface area contributed by atoms with Crippen LogP contribution >= 0.6 is 0 Å². The molecule has 2 N–H and O–H groups in total. The molecule has 0 radical (unpaired) electrons. The molecule has 0 spiro atoms. The molecule has 0 amide bonds. The highest BCUT2D eigenvalue weighted by Crippen LogP contribution is 2.40. The zero-order valence-electron chi connectivity index (χ0n) is 19.4. The Balaban J connectivity index is 2.12. The van der Waals surface area contributed by atoms with Crippen LogP contribution in [0.15, 0.2) is 47.4 Å². The Morgan fingerprint density at radius 3 is 2.19 bits per heavy atom. The smallest absolute Gasteiger partial charge is 0.241 e. The van der Waals surface area contributed by atoms with E-state index in [1.54, 1.807) is 6.07 Å². The number of nitrogens with two attached hydrogens (primary N) is 1. The molecule has 1 heterocycles. The number of para-hydroxylation sites is 1. The van der Waals surface area contributed by atoms with Gasteiger partial charge < -0.3 is 9.64 Å². The van der Waals surface area contributed by atoms with E-state index in [9.17, 15) is 8.42 Å². The van der Waals surface area contributed by atoms with Gasteiger partial charge in [0.05, 0.1) is 5.69 Å². The predicted octanol–water partition coefficient (Wildman–Crippen LogP) is 5.13. The molecule has 1 aliphatic rings. The second-order valence-corrected chi connectivity index (χ2v) is 10.1. The average molecular weight is 460 g/mol. The summed E-state index contributed by atoms with van der Waals surface area (Å²) in [5.41, 5.74) is 1.78. The van der Waals surface area contributed by atoms with Gasteiger partial charge in [-0.2, -0.15) is 0 Å². The summed E-state index contributed by atoms with van der Waals surface area (Å²) in [7, 11) is -3.98. The molecule has 1 saturated heterocycles. The maximum Gasteiger partial charge on any atom is 0.241 e. The molecule has 0 bridgehead atoms. The van der Waals surface area contributed by atoms with Gasteiger partial charge in [0.25, 0.3) is 0 Å². The van der Waals surface area contributed by atoms with E-state index in [0.717, 1.165) is 69.7 Å². The molecular weight excluding hydrogens is 422 g/mol.